The van der Waals surface area contributed by atoms with Crippen LogP contribution in [0.1, 0.15) is 38.1 Å². The predicted octanol–water partition coefficient (Wildman–Crippen LogP) is 2.20. The molecule has 3 aromatic rings. The van der Waals surface area contributed by atoms with Gasteiger partial charge in [-0.1, -0.05) is 0 Å². The fourth-order valence-electron chi connectivity index (χ4n) is 3.69. The zero-order valence-electron chi connectivity index (χ0n) is 14.6. The molecule has 138 valence electrons. The number of nitrogens with one attached hydrogen (secondary N) is 3. The number of pyridine rings is 1. The van der Waals surface area contributed by atoms with Crippen molar-refractivity contribution in [2.75, 3.05) is 5.32 Å². The number of nitrogens with zero attached hydrogens (tertiary/aromatic N) is 4. The summed E-state index contributed by atoms with van der Waals surface area (Å²) >= 11 is 0. The lowest BCUT2D eigenvalue weighted by Gasteiger charge is -2.27. The third kappa shape index (κ3) is 3.33. The second-order valence-electron chi connectivity index (χ2n) is 6.81. The third-order valence-electron chi connectivity index (χ3n) is 5.08. The summed E-state index contributed by atoms with van der Waals surface area (Å²) < 4.78 is 1.68. The van der Waals surface area contributed by atoms with Crippen LogP contribution < -0.4 is 16.6 Å². The maximum atomic E-state index is 12.5. The number of nitriles is 1. The predicted molar refractivity (Wildman–Crippen MR) is 99.7 cm³/mol. The molecule has 0 saturated heterocycles. The van der Waals surface area contributed by atoms with Crippen molar-refractivity contribution in [2.45, 2.75) is 38.1 Å². The molecule has 4 rings (SSSR count). The van der Waals surface area contributed by atoms with E-state index in [-0.39, 0.29) is 23.2 Å². The van der Waals surface area contributed by atoms with Gasteiger partial charge in [0.1, 0.15) is 11.2 Å². The van der Waals surface area contributed by atoms with Gasteiger partial charge in [-0.15, -0.1) is 0 Å². The third-order valence-corrected chi connectivity index (χ3v) is 5.08. The lowest BCUT2D eigenvalue weighted by atomic mass is 9.84. The minimum atomic E-state index is -0.275. The Morgan fingerprint density at radius 3 is 2.85 bits per heavy atom. The van der Waals surface area contributed by atoms with Gasteiger partial charge >= 0.3 is 5.69 Å². The number of hydrogen-bond donors (Lipinski definition) is 3. The van der Waals surface area contributed by atoms with Gasteiger partial charge in [-0.05, 0) is 43.7 Å². The summed E-state index contributed by atoms with van der Waals surface area (Å²) in [6.07, 6.45) is 7.18. The smallest absolute Gasteiger partial charge is 0.327 e. The summed E-state index contributed by atoms with van der Waals surface area (Å²) in [6.45, 7) is 0. The Labute approximate surface area is 154 Å². The number of fused-ring (bicyclic) bond motifs is 1. The highest BCUT2D eigenvalue weighted by atomic mass is 16.1. The van der Waals surface area contributed by atoms with Crippen LogP contribution in [0.2, 0.25) is 0 Å². The van der Waals surface area contributed by atoms with Crippen LogP contribution >= 0.6 is 0 Å². The molecule has 0 radical (unpaired) electrons. The SMILES string of the molecule is N#CCC1CCC(n2c(=O)[nH]c3cnc(Nc4ccc[nH]c4=O)nc32)CC1. The Kier molecular flexibility index (Phi) is 4.46. The molecule has 3 N–H and O–H groups in total. The van der Waals surface area contributed by atoms with Crippen LogP contribution in [-0.4, -0.2) is 24.5 Å². The normalized spacial score (nSPS) is 19.7. The summed E-state index contributed by atoms with van der Waals surface area (Å²) in [5, 5.41) is 11.8. The molecular weight excluding hydrogens is 346 g/mol. The highest BCUT2D eigenvalue weighted by molar-refractivity contribution is 5.71. The molecular formula is C18H19N7O2. The fourth-order valence-corrected chi connectivity index (χ4v) is 3.69. The van der Waals surface area contributed by atoms with Gasteiger partial charge in [-0.2, -0.15) is 10.2 Å². The molecule has 0 spiro atoms. The van der Waals surface area contributed by atoms with Crippen molar-refractivity contribution in [2.24, 2.45) is 5.92 Å². The van der Waals surface area contributed by atoms with E-state index in [0.29, 0.717) is 29.2 Å². The molecule has 0 unspecified atom stereocenters. The zero-order valence-corrected chi connectivity index (χ0v) is 14.6. The number of H-pyrrole nitrogens is 2. The van der Waals surface area contributed by atoms with Crippen LogP contribution in [-0.2, 0) is 0 Å². The van der Waals surface area contributed by atoms with Crippen molar-refractivity contribution in [3.05, 3.63) is 45.4 Å². The first-order chi connectivity index (χ1) is 13.2. The van der Waals surface area contributed by atoms with Crippen molar-refractivity contribution in [3.63, 3.8) is 0 Å². The highest BCUT2D eigenvalue weighted by Gasteiger charge is 2.25. The summed E-state index contributed by atoms with van der Waals surface area (Å²) in [4.78, 5) is 38.3. The van der Waals surface area contributed by atoms with Gasteiger partial charge in [0.15, 0.2) is 5.65 Å². The Balaban J connectivity index is 1.65. The van der Waals surface area contributed by atoms with Crippen LogP contribution in [0, 0.1) is 17.2 Å². The lowest BCUT2D eigenvalue weighted by Crippen LogP contribution is -2.26. The van der Waals surface area contributed by atoms with Crippen molar-refractivity contribution in [3.8, 4) is 6.07 Å². The Bertz CT molecular complexity index is 1110. The minimum Gasteiger partial charge on any atom is -0.327 e. The number of rotatable bonds is 4. The van der Waals surface area contributed by atoms with E-state index in [1.807, 2.05) is 0 Å². The Hall–Kier alpha value is -3.41. The average Bonchev–Trinajstić information content (AvgIpc) is 3.00. The van der Waals surface area contributed by atoms with Crippen LogP contribution in [0.25, 0.3) is 11.2 Å². The van der Waals surface area contributed by atoms with E-state index in [2.05, 4.69) is 31.3 Å². The molecule has 0 aliphatic heterocycles. The standard InChI is InChI=1S/C18H19N7O2/c19-8-7-11-3-5-12(6-4-11)25-15-14(23-18(25)27)10-21-17(24-15)22-13-2-1-9-20-16(13)26/h1-2,9-12H,3-7H2,(H,20,26)(H,23,27)(H,21,22,24). The highest BCUT2D eigenvalue weighted by Crippen LogP contribution is 2.34. The molecule has 3 aromatic heterocycles. The van der Waals surface area contributed by atoms with Crippen molar-refractivity contribution < 1.29 is 0 Å². The minimum absolute atomic E-state index is 0.0454. The summed E-state index contributed by atoms with van der Waals surface area (Å²) in [5.74, 6) is 0.661. The molecule has 0 aromatic carbocycles. The maximum absolute atomic E-state index is 12.5. The molecule has 9 heteroatoms. The molecule has 1 fully saturated rings. The number of imidazole rings is 1. The van der Waals surface area contributed by atoms with Gasteiger partial charge in [0, 0.05) is 18.7 Å². The van der Waals surface area contributed by atoms with Gasteiger partial charge in [0.2, 0.25) is 5.95 Å². The van der Waals surface area contributed by atoms with E-state index in [9.17, 15) is 9.59 Å². The molecule has 9 nitrogen and oxygen atoms in total. The molecule has 27 heavy (non-hydrogen) atoms. The number of aromatic nitrogens is 5. The monoisotopic (exact) mass is 365 g/mol. The van der Waals surface area contributed by atoms with Gasteiger partial charge in [-0.25, -0.2) is 9.78 Å². The maximum Gasteiger partial charge on any atom is 0.327 e. The van der Waals surface area contributed by atoms with E-state index in [1.54, 1.807) is 29.1 Å². The largest absolute Gasteiger partial charge is 0.327 e. The average molecular weight is 365 g/mol. The Morgan fingerprint density at radius 2 is 2.11 bits per heavy atom. The quantitative estimate of drug-likeness (QED) is 0.649. The van der Waals surface area contributed by atoms with Crippen molar-refractivity contribution in [1.82, 2.24) is 24.5 Å². The van der Waals surface area contributed by atoms with E-state index in [4.69, 9.17) is 5.26 Å². The first kappa shape index (κ1) is 17.0. The second-order valence-corrected chi connectivity index (χ2v) is 6.81. The van der Waals surface area contributed by atoms with Gasteiger partial charge in [-0.3, -0.25) is 9.36 Å². The summed E-state index contributed by atoms with van der Waals surface area (Å²) in [6, 6.07) is 5.61. The molecule has 0 amide bonds. The summed E-state index contributed by atoms with van der Waals surface area (Å²) in [5.41, 5.74) is 0.930. The van der Waals surface area contributed by atoms with E-state index >= 15 is 0 Å². The van der Waals surface area contributed by atoms with E-state index < -0.39 is 0 Å². The van der Waals surface area contributed by atoms with E-state index in [0.717, 1.165) is 25.7 Å². The van der Waals surface area contributed by atoms with Crippen LogP contribution in [0.15, 0.2) is 34.1 Å². The van der Waals surface area contributed by atoms with Crippen LogP contribution in [0.4, 0.5) is 11.6 Å². The van der Waals surface area contributed by atoms with Gasteiger partial charge < -0.3 is 15.3 Å². The molecule has 3 heterocycles. The van der Waals surface area contributed by atoms with Crippen molar-refractivity contribution in [1.29, 1.82) is 5.26 Å². The fraction of sp³-hybridized carbons (Fsp3) is 0.389. The van der Waals surface area contributed by atoms with E-state index in [1.165, 1.54) is 0 Å². The number of anilines is 2. The summed E-state index contributed by atoms with van der Waals surface area (Å²) in [7, 11) is 0. The molecule has 1 saturated carbocycles. The zero-order chi connectivity index (χ0) is 18.8. The topological polar surface area (TPSA) is 132 Å². The first-order valence-corrected chi connectivity index (χ1v) is 8.94. The van der Waals surface area contributed by atoms with Crippen molar-refractivity contribution >= 4 is 22.8 Å². The molecule has 0 bridgehead atoms. The Morgan fingerprint density at radius 1 is 1.30 bits per heavy atom. The molecule has 1 aliphatic carbocycles. The number of hydrogen-bond acceptors (Lipinski definition) is 6. The van der Waals surface area contributed by atoms with Gasteiger partial charge in [0.05, 0.1) is 12.3 Å². The molecule has 0 atom stereocenters. The molecule has 1 aliphatic rings. The van der Waals surface area contributed by atoms with Crippen LogP contribution in [0.3, 0.4) is 0 Å². The van der Waals surface area contributed by atoms with Crippen LogP contribution in [0.5, 0.6) is 0 Å². The number of aromatic amines is 2. The first-order valence-electron chi connectivity index (χ1n) is 8.94. The lowest BCUT2D eigenvalue weighted by molar-refractivity contribution is 0.277. The second kappa shape index (κ2) is 7.07. The van der Waals surface area contributed by atoms with Gasteiger partial charge in [0.25, 0.3) is 5.56 Å².